The van der Waals surface area contributed by atoms with E-state index in [0.717, 1.165) is 18.3 Å². The van der Waals surface area contributed by atoms with Crippen molar-refractivity contribution in [3.63, 3.8) is 0 Å². The molecule has 1 amide bonds. The standard InChI is InChI=1S/C13H24N2O/c1-3-8(2)12(14)13(16)15-11-7-9-4-5-10(11)6-9/h8-12H,3-7,14H2,1-2H3,(H,15,16). The van der Waals surface area contributed by atoms with Crippen LogP contribution in [0.15, 0.2) is 0 Å². The van der Waals surface area contributed by atoms with E-state index in [-0.39, 0.29) is 17.9 Å². The van der Waals surface area contributed by atoms with E-state index >= 15 is 0 Å². The number of hydrogen-bond donors (Lipinski definition) is 2. The van der Waals surface area contributed by atoms with Crippen molar-refractivity contribution >= 4 is 5.91 Å². The second-order valence-electron chi connectivity index (χ2n) is 5.70. The Morgan fingerprint density at radius 3 is 2.69 bits per heavy atom. The van der Waals surface area contributed by atoms with Gasteiger partial charge in [-0.2, -0.15) is 0 Å². The van der Waals surface area contributed by atoms with Crippen LogP contribution in [0, 0.1) is 17.8 Å². The van der Waals surface area contributed by atoms with E-state index in [0.29, 0.717) is 6.04 Å². The lowest BCUT2D eigenvalue weighted by Crippen LogP contribution is -2.49. The molecule has 3 N–H and O–H groups in total. The fraction of sp³-hybridized carbons (Fsp3) is 0.923. The van der Waals surface area contributed by atoms with Gasteiger partial charge in [0.15, 0.2) is 0 Å². The molecule has 0 heterocycles. The third-order valence-corrected chi connectivity index (χ3v) is 4.63. The molecule has 3 heteroatoms. The van der Waals surface area contributed by atoms with Crippen molar-refractivity contribution in [1.82, 2.24) is 5.32 Å². The summed E-state index contributed by atoms with van der Waals surface area (Å²) < 4.78 is 0. The fourth-order valence-corrected chi connectivity index (χ4v) is 3.21. The van der Waals surface area contributed by atoms with E-state index < -0.39 is 0 Å². The molecule has 5 unspecified atom stereocenters. The first-order valence-electron chi connectivity index (χ1n) is 6.67. The highest BCUT2D eigenvalue weighted by molar-refractivity contribution is 5.82. The first-order chi connectivity index (χ1) is 7.61. The minimum absolute atomic E-state index is 0.0619. The molecule has 92 valence electrons. The van der Waals surface area contributed by atoms with Crippen molar-refractivity contribution in [2.45, 2.75) is 58.0 Å². The van der Waals surface area contributed by atoms with Crippen LogP contribution >= 0.6 is 0 Å². The zero-order chi connectivity index (χ0) is 11.7. The normalized spacial score (nSPS) is 36.1. The largest absolute Gasteiger partial charge is 0.352 e. The highest BCUT2D eigenvalue weighted by Gasteiger charge is 2.40. The summed E-state index contributed by atoms with van der Waals surface area (Å²) in [6, 6.07) is 0.0884. The molecule has 2 bridgehead atoms. The molecule has 2 aliphatic carbocycles. The zero-order valence-corrected chi connectivity index (χ0v) is 10.4. The van der Waals surface area contributed by atoms with Gasteiger partial charge in [-0.05, 0) is 37.0 Å². The molecule has 2 fully saturated rings. The third-order valence-electron chi connectivity index (χ3n) is 4.63. The molecular formula is C13H24N2O. The van der Waals surface area contributed by atoms with E-state index in [2.05, 4.69) is 12.2 Å². The van der Waals surface area contributed by atoms with Gasteiger partial charge in [0.2, 0.25) is 5.91 Å². The van der Waals surface area contributed by atoms with E-state index in [1.165, 1.54) is 25.7 Å². The fourth-order valence-electron chi connectivity index (χ4n) is 3.21. The second kappa shape index (κ2) is 4.74. The highest BCUT2D eigenvalue weighted by atomic mass is 16.2. The van der Waals surface area contributed by atoms with Gasteiger partial charge in [-0.25, -0.2) is 0 Å². The number of hydrogen-bond acceptors (Lipinski definition) is 2. The summed E-state index contributed by atoms with van der Waals surface area (Å²) in [4.78, 5) is 11.9. The molecule has 0 radical (unpaired) electrons. The summed E-state index contributed by atoms with van der Waals surface area (Å²) in [6.07, 6.45) is 6.14. The van der Waals surface area contributed by atoms with Crippen molar-refractivity contribution in [3.05, 3.63) is 0 Å². The van der Waals surface area contributed by atoms with E-state index in [1.54, 1.807) is 0 Å². The summed E-state index contributed by atoms with van der Waals surface area (Å²) >= 11 is 0. The lowest BCUT2D eigenvalue weighted by molar-refractivity contribution is -0.124. The smallest absolute Gasteiger partial charge is 0.237 e. The van der Waals surface area contributed by atoms with E-state index in [4.69, 9.17) is 5.73 Å². The van der Waals surface area contributed by atoms with Crippen molar-refractivity contribution in [1.29, 1.82) is 0 Å². The lowest BCUT2D eigenvalue weighted by atomic mass is 9.94. The Labute approximate surface area is 98.2 Å². The minimum Gasteiger partial charge on any atom is -0.352 e. The van der Waals surface area contributed by atoms with Gasteiger partial charge in [0.1, 0.15) is 0 Å². The average molecular weight is 224 g/mol. The quantitative estimate of drug-likeness (QED) is 0.763. The molecule has 16 heavy (non-hydrogen) atoms. The zero-order valence-electron chi connectivity index (χ0n) is 10.4. The van der Waals surface area contributed by atoms with Gasteiger partial charge in [0, 0.05) is 6.04 Å². The van der Waals surface area contributed by atoms with Crippen LogP contribution in [0.4, 0.5) is 0 Å². The maximum absolute atomic E-state index is 11.9. The molecule has 2 rings (SSSR count). The van der Waals surface area contributed by atoms with Crippen molar-refractivity contribution in [3.8, 4) is 0 Å². The Hall–Kier alpha value is -0.570. The molecular weight excluding hydrogens is 200 g/mol. The van der Waals surface area contributed by atoms with Crippen molar-refractivity contribution in [2.24, 2.45) is 23.5 Å². The summed E-state index contributed by atoms with van der Waals surface area (Å²) in [7, 11) is 0. The summed E-state index contributed by atoms with van der Waals surface area (Å²) in [6.45, 7) is 4.13. The topological polar surface area (TPSA) is 55.1 Å². The molecule has 2 aliphatic rings. The number of fused-ring (bicyclic) bond motifs is 2. The van der Waals surface area contributed by atoms with Crippen LogP contribution < -0.4 is 11.1 Å². The van der Waals surface area contributed by atoms with Crippen molar-refractivity contribution < 1.29 is 4.79 Å². The second-order valence-corrected chi connectivity index (χ2v) is 5.70. The third kappa shape index (κ3) is 2.24. The Kier molecular flexibility index (Phi) is 3.53. The predicted molar refractivity (Wildman–Crippen MR) is 64.8 cm³/mol. The first kappa shape index (κ1) is 11.9. The first-order valence-corrected chi connectivity index (χ1v) is 6.67. The van der Waals surface area contributed by atoms with Crippen LogP contribution in [0.1, 0.15) is 46.0 Å². The molecule has 0 aliphatic heterocycles. The number of carbonyl (C=O) groups is 1. The van der Waals surface area contributed by atoms with Gasteiger partial charge in [0.05, 0.1) is 6.04 Å². The minimum atomic E-state index is -0.330. The van der Waals surface area contributed by atoms with Crippen LogP contribution in [-0.4, -0.2) is 18.0 Å². The maximum atomic E-state index is 11.9. The van der Waals surface area contributed by atoms with Gasteiger partial charge >= 0.3 is 0 Å². The molecule has 0 saturated heterocycles. The predicted octanol–water partition coefficient (Wildman–Crippen LogP) is 1.66. The highest BCUT2D eigenvalue weighted by Crippen LogP contribution is 2.44. The van der Waals surface area contributed by atoms with Gasteiger partial charge in [-0.15, -0.1) is 0 Å². The van der Waals surface area contributed by atoms with Crippen LogP contribution in [0.2, 0.25) is 0 Å². The number of nitrogens with two attached hydrogens (primary N) is 1. The number of carbonyl (C=O) groups excluding carboxylic acids is 1. The number of rotatable bonds is 4. The Morgan fingerprint density at radius 1 is 1.44 bits per heavy atom. The van der Waals surface area contributed by atoms with E-state index in [9.17, 15) is 4.79 Å². The lowest BCUT2D eigenvalue weighted by Gasteiger charge is -2.26. The Balaban J connectivity index is 1.83. The van der Waals surface area contributed by atoms with E-state index in [1.807, 2.05) is 6.92 Å². The summed E-state index contributed by atoms with van der Waals surface area (Å²) in [5.41, 5.74) is 5.94. The van der Waals surface area contributed by atoms with Gasteiger partial charge in [-0.3, -0.25) is 4.79 Å². The average Bonchev–Trinajstić information content (AvgIpc) is 2.88. The molecule has 0 spiro atoms. The SMILES string of the molecule is CCC(C)C(N)C(=O)NC1CC2CCC1C2. The molecule has 0 aromatic heterocycles. The molecule has 5 atom stereocenters. The maximum Gasteiger partial charge on any atom is 0.237 e. The van der Waals surface area contributed by atoms with Crippen LogP contribution in [-0.2, 0) is 4.79 Å². The molecule has 0 aromatic carbocycles. The summed E-state index contributed by atoms with van der Waals surface area (Å²) in [5, 5.41) is 3.16. The van der Waals surface area contributed by atoms with Crippen LogP contribution in [0.5, 0.6) is 0 Å². The van der Waals surface area contributed by atoms with Crippen LogP contribution in [0.3, 0.4) is 0 Å². The van der Waals surface area contributed by atoms with Gasteiger partial charge < -0.3 is 11.1 Å². The molecule has 3 nitrogen and oxygen atoms in total. The molecule has 2 saturated carbocycles. The Morgan fingerprint density at radius 2 is 2.19 bits per heavy atom. The Bertz CT molecular complexity index is 267. The molecule has 0 aromatic rings. The van der Waals surface area contributed by atoms with Crippen LogP contribution in [0.25, 0.3) is 0 Å². The number of amides is 1. The number of nitrogens with one attached hydrogen (secondary N) is 1. The monoisotopic (exact) mass is 224 g/mol. The van der Waals surface area contributed by atoms with Gasteiger partial charge in [-0.1, -0.05) is 26.7 Å². The van der Waals surface area contributed by atoms with Crippen molar-refractivity contribution in [2.75, 3.05) is 0 Å². The summed E-state index contributed by atoms with van der Waals surface area (Å²) in [5.74, 6) is 1.94. The van der Waals surface area contributed by atoms with Gasteiger partial charge in [0.25, 0.3) is 0 Å².